The maximum absolute atomic E-state index is 9.60. The molecule has 2 N–H and O–H groups in total. The van der Waals surface area contributed by atoms with Crippen LogP contribution in [0.15, 0.2) is 36.5 Å². The first-order chi connectivity index (χ1) is 15.9. The third kappa shape index (κ3) is 4.90. The van der Waals surface area contributed by atoms with Crippen LogP contribution in [0.25, 0.3) is 21.6 Å². The maximum Gasteiger partial charge on any atom is 0.163 e. The number of aromatic nitrogens is 3. The monoisotopic (exact) mass is 467 g/mol. The van der Waals surface area contributed by atoms with Crippen LogP contribution in [-0.2, 0) is 0 Å². The van der Waals surface area contributed by atoms with E-state index in [1.165, 1.54) is 7.11 Å². The molecule has 1 atom stereocenters. The van der Waals surface area contributed by atoms with Crippen LogP contribution >= 0.6 is 11.3 Å². The second-order valence-corrected chi connectivity index (χ2v) is 8.74. The highest BCUT2D eigenvalue weighted by Crippen LogP contribution is 2.40. The van der Waals surface area contributed by atoms with Gasteiger partial charge in [0.05, 0.1) is 24.9 Å². The van der Waals surface area contributed by atoms with Crippen LogP contribution in [0.3, 0.4) is 0 Å². The van der Waals surface area contributed by atoms with Crippen LogP contribution in [0.5, 0.6) is 23.0 Å². The van der Waals surface area contributed by atoms with E-state index < -0.39 is 12.7 Å². The lowest BCUT2D eigenvalue weighted by Crippen LogP contribution is -2.21. The van der Waals surface area contributed by atoms with Gasteiger partial charge in [0.15, 0.2) is 17.2 Å². The zero-order chi connectivity index (χ0) is 23.5. The van der Waals surface area contributed by atoms with E-state index in [-0.39, 0.29) is 6.61 Å². The summed E-state index contributed by atoms with van der Waals surface area (Å²) in [7, 11) is 1.53. The van der Waals surface area contributed by atoms with Crippen LogP contribution in [-0.4, -0.2) is 51.6 Å². The number of fused-ring (bicyclic) bond motifs is 1. The molecule has 3 aromatic heterocycles. The summed E-state index contributed by atoms with van der Waals surface area (Å²) in [6, 6.07) is 9.06. The lowest BCUT2D eigenvalue weighted by atomic mass is 10.1. The number of aryl methyl sites for hydroxylation is 3. The Hall–Kier alpha value is -3.27. The molecule has 4 aromatic rings. The largest absolute Gasteiger partial charge is 0.493 e. The number of hydrogen-bond donors (Lipinski definition) is 2. The summed E-state index contributed by atoms with van der Waals surface area (Å²) in [6.07, 6.45) is 0.661. The third-order valence-corrected chi connectivity index (χ3v) is 6.16. The summed E-state index contributed by atoms with van der Waals surface area (Å²) in [6.45, 7) is 5.49. The van der Waals surface area contributed by atoms with Gasteiger partial charge in [-0.05, 0) is 45.0 Å². The smallest absolute Gasteiger partial charge is 0.163 e. The summed E-state index contributed by atoms with van der Waals surface area (Å²) in [4.78, 5) is 14.9. The molecule has 0 bridgehead atoms. The number of aliphatic hydroxyl groups is 2. The van der Waals surface area contributed by atoms with Crippen LogP contribution < -0.4 is 14.2 Å². The van der Waals surface area contributed by atoms with Gasteiger partial charge in [-0.1, -0.05) is 0 Å². The Morgan fingerprint density at radius 1 is 1.00 bits per heavy atom. The van der Waals surface area contributed by atoms with Gasteiger partial charge in [-0.15, -0.1) is 11.3 Å². The zero-order valence-corrected chi connectivity index (χ0v) is 19.6. The molecule has 0 saturated carbocycles. The molecule has 1 unspecified atom stereocenters. The Balaban J connectivity index is 1.74. The molecule has 0 aliphatic rings. The molecule has 3 heterocycles. The number of thiazole rings is 1. The molecule has 0 saturated heterocycles. The predicted molar refractivity (Wildman–Crippen MR) is 127 cm³/mol. The number of ether oxygens (including phenoxy) is 3. The Bertz CT molecular complexity index is 1270. The van der Waals surface area contributed by atoms with Crippen LogP contribution in [0.1, 0.15) is 16.3 Å². The molecule has 0 aliphatic heterocycles. The molecule has 0 fully saturated rings. The second kappa shape index (κ2) is 9.70. The molecular formula is C24H25N3O5S. The number of methoxy groups -OCH3 is 1. The molecule has 4 rings (SSSR count). The van der Waals surface area contributed by atoms with Gasteiger partial charge in [0.1, 0.15) is 29.2 Å². The van der Waals surface area contributed by atoms with E-state index in [4.69, 9.17) is 19.3 Å². The molecule has 8 nitrogen and oxygen atoms in total. The standard InChI is InChI=1S/C24H25N3O5S/c1-13-5-6-20(23(26-13)24-27-14(2)15(3)33-24)32-19-7-8-25-18-10-22(31-12-16(29)11-28)21(30-4)9-17(18)19/h5-10,16,28-29H,11-12H2,1-4H3. The Morgan fingerprint density at radius 3 is 2.52 bits per heavy atom. The number of rotatable bonds is 8. The van der Waals surface area contributed by atoms with Gasteiger partial charge in [0.25, 0.3) is 0 Å². The molecule has 33 heavy (non-hydrogen) atoms. The minimum Gasteiger partial charge on any atom is -0.493 e. The lowest BCUT2D eigenvalue weighted by Gasteiger charge is -2.15. The second-order valence-electron chi connectivity index (χ2n) is 7.54. The highest BCUT2D eigenvalue weighted by molar-refractivity contribution is 7.15. The van der Waals surface area contributed by atoms with E-state index in [1.807, 2.05) is 32.9 Å². The van der Waals surface area contributed by atoms with Gasteiger partial charge in [-0.25, -0.2) is 9.97 Å². The topological polar surface area (TPSA) is 107 Å². The fourth-order valence-corrected chi connectivity index (χ4v) is 4.11. The molecule has 0 aliphatic carbocycles. The minimum atomic E-state index is -0.987. The summed E-state index contributed by atoms with van der Waals surface area (Å²) >= 11 is 1.58. The Morgan fingerprint density at radius 2 is 1.82 bits per heavy atom. The van der Waals surface area contributed by atoms with Gasteiger partial charge in [0.2, 0.25) is 0 Å². The van der Waals surface area contributed by atoms with Crippen LogP contribution in [0.2, 0.25) is 0 Å². The molecule has 0 radical (unpaired) electrons. The molecule has 0 amide bonds. The van der Waals surface area contributed by atoms with Gasteiger partial charge >= 0.3 is 0 Å². The summed E-state index contributed by atoms with van der Waals surface area (Å²) in [5.41, 5.74) is 3.16. The molecule has 1 aromatic carbocycles. The van der Waals surface area contributed by atoms with E-state index in [1.54, 1.807) is 35.7 Å². The predicted octanol–water partition coefficient (Wildman–Crippen LogP) is 4.21. The fourth-order valence-electron chi connectivity index (χ4n) is 3.20. The lowest BCUT2D eigenvalue weighted by molar-refractivity contribution is 0.0528. The van der Waals surface area contributed by atoms with Crippen molar-refractivity contribution in [3.05, 3.63) is 52.8 Å². The number of nitrogens with zero attached hydrogens (tertiary/aromatic N) is 3. The summed E-state index contributed by atoms with van der Waals surface area (Å²) < 4.78 is 17.4. The van der Waals surface area contributed by atoms with Crippen molar-refractivity contribution in [3.8, 4) is 33.7 Å². The quantitative estimate of drug-likeness (QED) is 0.397. The zero-order valence-electron chi connectivity index (χ0n) is 18.8. The summed E-state index contributed by atoms with van der Waals surface area (Å²) in [5.74, 6) is 2.04. The van der Waals surface area contributed by atoms with Crippen molar-refractivity contribution in [1.82, 2.24) is 15.0 Å². The molecule has 9 heteroatoms. The first kappa shape index (κ1) is 22.9. The fraction of sp³-hybridized carbons (Fsp3) is 0.292. The van der Waals surface area contributed by atoms with Crippen LogP contribution in [0.4, 0.5) is 0 Å². The number of pyridine rings is 2. The third-order valence-electron chi connectivity index (χ3n) is 5.08. The number of hydrogen-bond acceptors (Lipinski definition) is 9. The van der Waals surface area contributed by atoms with E-state index in [0.717, 1.165) is 26.7 Å². The van der Waals surface area contributed by atoms with Crippen molar-refractivity contribution >= 4 is 22.2 Å². The van der Waals surface area contributed by atoms with Gasteiger partial charge < -0.3 is 24.4 Å². The molecule has 172 valence electrons. The van der Waals surface area contributed by atoms with E-state index >= 15 is 0 Å². The highest BCUT2D eigenvalue weighted by atomic mass is 32.1. The SMILES string of the molecule is COc1cc2c(Oc3ccc(C)nc3-c3nc(C)c(C)s3)ccnc2cc1OCC(O)CO. The average molecular weight is 468 g/mol. The first-order valence-electron chi connectivity index (χ1n) is 10.4. The minimum absolute atomic E-state index is 0.0698. The normalized spacial score (nSPS) is 12.1. The van der Waals surface area contributed by atoms with Crippen molar-refractivity contribution in [1.29, 1.82) is 0 Å². The summed E-state index contributed by atoms with van der Waals surface area (Å²) in [5, 5.41) is 20.2. The van der Waals surface area contributed by atoms with Gasteiger partial charge in [0, 0.05) is 28.2 Å². The number of benzene rings is 1. The highest BCUT2D eigenvalue weighted by Gasteiger charge is 2.18. The van der Waals surface area contributed by atoms with E-state index in [0.29, 0.717) is 34.2 Å². The van der Waals surface area contributed by atoms with Crippen molar-refractivity contribution in [2.45, 2.75) is 26.9 Å². The van der Waals surface area contributed by atoms with Crippen molar-refractivity contribution in [2.75, 3.05) is 20.3 Å². The maximum atomic E-state index is 9.60. The first-order valence-corrected chi connectivity index (χ1v) is 11.2. The Labute approximate surface area is 195 Å². The van der Waals surface area contributed by atoms with Crippen molar-refractivity contribution in [3.63, 3.8) is 0 Å². The van der Waals surface area contributed by atoms with E-state index in [9.17, 15) is 5.11 Å². The van der Waals surface area contributed by atoms with Gasteiger partial charge in [-0.3, -0.25) is 4.98 Å². The number of aliphatic hydroxyl groups excluding tert-OH is 2. The van der Waals surface area contributed by atoms with Crippen molar-refractivity contribution < 1.29 is 24.4 Å². The average Bonchev–Trinajstić information content (AvgIpc) is 3.16. The van der Waals surface area contributed by atoms with Crippen LogP contribution in [0, 0.1) is 20.8 Å². The molecule has 0 spiro atoms. The molecular weight excluding hydrogens is 442 g/mol. The van der Waals surface area contributed by atoms with E-state index in [2.05, 4.69) is 15.0 Å². The van der Waals surface area contributed by atoms with Gasteiger partial charge in [-0.2, -0.15) is 0 Å². The van der Waals surface area contributed by atoms with Crippen molar-refractivity contribution in [2.24, 2.45) is 0 Å². The Kier molecular flexibility index (Phi) is 6.73.